The van der Waals surface area contributed by atoms with Crippen molar-refractivity contribution in [1.82, 2.24) is 5.32 Å². The van der Waals surface area contributed by atoms with E-state index in [9.17, 15) is 19.2 Å². The highest BCUT2D eigenvalue weighted by Crippen LogP contribution is 2.15. The number of hydrogen-bond acceptors (Lipinski definition) is 7. The van der Waals surface area contributed by atoms with Crippen LogP contribution in [0.5, 0.6) is 0 Å². The van der Waals surface area contributed by atoms with Crippen LogP contribution in [0.25, 0.3) is 0 Å². The fourth-order valence-electron chi connectivity index (χ4n) is 3.74. The zero-order valence-electron chi connectivity index (χ0n) is 20.2. The molecule has 9 heteroatoms. The number of carbonyl (C=O) groups is 4. The van der Waals surface area contributed by atoms with Gasteiger partial charge in [-0.15, -0.1) is 0 Å². The highest BCUT2D eigenvalue weighted by atomic mass is 16.6. The summed E-state index contributed by atoms with van der Waals surface area (Å²) in [6, 6.07) is 0. The summed E-state index contributed by atoms with van der Waals surface area (Å²) in [4.78, 5) is 45.7. The summed E-state index contributed by atoms with van der Waals surface area (Å²) in [7, 11) is 0. The molecule has 0 aliphatic carbocycles. The van der Waals surface area contributed by atoms with Crippen LogP contribution in [0.1, 0.15) is 110 Å². The molecular formula is C24H44N2O7. The number of ether oxygens (including phenoxy) is 1. The normalized spacial score (nSPS) is 11.3. The number of carbonyl (C=O) groups excluding carboxylic acids is 2. The first-order valence-corrected chi connectivity index (χ1v) is 12.4. The molecule has 9 nitrogen and oxygen atoms in total. The molecule has 192 valence electrons. The third-order valence-corrected chi connectivity index (χ3v) is 5.69. The minimum Gasteiger partial charge on any atom is -0.481 e. The van der Waals surface area contributed by atoms with Crippen molar-refractivity contribution >= 4 is 23.9 Å². The lowest BCUT2D eigenvalue weighted by atomic mass is 9.91. The summed E-state index contributed by atoms with van der Waals surface area (Å²) in [5, 5.41) is 20.5. The second-order valence-corrected chi connectivity index (χ2v) is 8.82. The van der Waals surface area contributed by atoms with E-state index in [1.165, 1.54) is 57.8 Å². The molecule has 0 aromatic heterocycles. The summed E-state index contributed by atoms with van der Waals surface area (Å²) >= 11 is 0. The van der Waals surface area contributed by atoms with E-state index in [0.29, 0.717) is 6.42 Å². The molecule has 33 heavy (non-hydrogen) atoms. The molecule has 0 unspecified atom stereocenters. The van der Waals surface area contributed by atoms with E-state index >= 15 is 0 Å². The minimum absolute atomic E-state index is 0.135. The topological polar surface area (TPSA) is 156 Å². The quantitative estimate of drug-likeness (QED) is 0.105. The van der Waals surface area contributed by atoms with Gasteiger partial charge in [0.05, 0.1) is 24.9 Å². The van der Waals surface area contributed by atoms with E-state index in [0.717, 1.165) is 19.3 Å². The molecular weight excluding hydrogens is 428 g/mol. The average Bonchev–Trinajstić information content (AvgIpc) is 2.74. The molecule has 0 rings (SSSR count). The number of nitrogens with one attached hydrogen (secondary N) is 1. The lowest BCUT2D eigenvalue weighted by Gasteiger charge is -2.30. The molecule has 5 N–H and O–H groups in total. The summed E-state index contributed by atoms with van der Waals surface area (Å²) < 4.78 is 4.73. The van der Waals surface area contributed by atoms with E-state index in [-0.39, 0.29) is 13.0 Å². The summed E-state index contributed by atoms with van der Waals surface area (Å²) in [6.07, 6.45) is 14.4. The minimum atomic E-state index is -1.49. The molecule has 0 bridgehead atoms. The van der Waals surface area contributed by atoms with Gasteiger partial charge in [-0.1, -0.05) is 84.0 Å². The molecule has 0 heterocycles. The molecule has 0 amide bonds. The Hall–Kier alpha value is -2.00. The maximum atomic E-state index is 11.9. The average molecular weight is 473 g/mol. The van der Waals surface area contributed by atoms with Gasteiger partial charge in [-0.2, -0.15) is 0 Å². The van der Waals surface area contributed by atoms with Crippen LogP contribution in [-0.2, 0) is 23.9 Å². The van der Waals surface area contributed by atoms with Gasteiger partial charge in [-0.25, -0.2) is 0 Å². The maximum absolute atomic E-state index is 11.9. The van der Waals surface area contributed by atoms with E-state index in [2.05, 4.69) is 12.2 Å². The third kappa shape index (κ3) is 18.1. The highest BCUT2D eigenvalue weighted by molar-refractivity contribution is 5.86. The third-order valence-electron chi connectivity index (χ3n) is 5.69. The molecule has 0 radical (unpaired) electrons. The first-order chi connectivity index (χ1) is 15.7. The molecule has 0 aromatic rings. The van der Waals surface area contributed by atoms with Gasteiger partial charge in [0.1, 0.15) is 0 Å². The SMILES string of the molecule is CCCCCCCCCCCCCCCC(=O)OC(=O)CNC(CN)(CC(=O)O)CC(=O)O. The molecule has 0 saturated heterocycles. The van der Waals surface area contributed by atoms with Gasteiger partial charge in [0.2, 0.25) is 0 Å². The zero-order valence-corrected chi connectivity index (χ0v) is 20.2. The van der Waals surface area contributed by atoms with Gasteiger partial charge in [0.25, 0.3) is 0 Å². The predicted molar refractivity (Wildman–Crippen MR) is 126 cm³/mol. The van der Waals surface area contributed by atoms with Crippen LogP contribution in [0.15, 0.2) is 0 Å². The van der Waals surface area contributed by atoms with E-state index in [1.807, 2.05) is 0 Å². The Morgan fingerprint density at radius 1 is 0.727 bits per heavy atom. The van der Waals surface area contributed by atoms with Crippen LogP contribution in [0.4, 0.5) is 0 Å². The van der Waals surface area contributed by atoms with Gasteiger partial charge in [0, 0.05) is 13.0 Å². The van der Waals surface area contributed by atoms with E-state index in [1.54, 1.807) is 0 Å². The highest BCUT2D eigenvalue weighted by Gasteiger charge is 2.34. The van der Waals surface area contributed by atoms with Crippen molar-refractivity contribution in [2.75, 3.05) is 13.1 Å². The fourth-order valence-corrected chi connectivity index (χ4v) is 3.74. The van der Waals surface area contributed by atoms with Crippen LogP contribution in [-0.4, -0.2) is 52.7 Å². The van der Waals surface area contributed by atoms with Crippen molar-refractivity contribution in [2.24, 2.45) is 5.73 Å². The summed E-state index contributed by atoms with van der Waals surface area (Å²) in [5.41, 5.74) is 4.05. The van der Waals surface area contributed by atoms with Gasteiger partial charge in [-0.3, -0.25) is 24.5 Å². The van der Waals surface area contributed by atoms with Gasteiger partial charge in [-0.05, 0) is 6.42 Å². The Labute approximate surface area is 197 Å². The van der Waals surface area contributed by atoms with Crippen LogP contribution < -0.4 is 11.1 Å². The number of carboxylic acids is 2. The second-order valence-electron chi connectivity index (χ2n) is 8.82. The van der Waals surface area contributed by atoms with Crippen LogP contribution in [0.3, 0.4) is 0 Å². The molecule has 0 fully saturated rings. The number of nitrogens with two attached hydrogens (primary N) is 1. The number of aliphatic carboxylic acids is 2. The van der Waals surface area contributed by atoms with Crippen molar-refractivity contribution in [3.63, 3.8) is 0 Å². The largest absolute Gasteiger partial charge is 0.481 e. The number of unbranched alkanes of at least 4 members (excludes halogenated alkanes) is 12. The fraction of sp³-hybridized carbons (Fsp3) is 0.833. The standard InChI is InChI=1S/C24H44N2O7/c1-2-3-4-5-6-7-8-9-10-11-12-13-14-15-22(31)33-23(32)18-26-24(19-25,16-20(27)28)17-21(29)30/h26H,2-19,25H2,1H3,(H,27,28)(H,29,30). The Balaban J connectivity index is 3.89. The smallest absolute Gasteiger partial charge is 0.327 e. The second kappa shape index (κ2) is 19.5. The molecule has 0 atom stereocenters. The van der Waals surface area contributed by atoms with Crippen molar-refractivity contribution < 1.29 is 34.1 Å². The monoisotopic (exact) mass is 472 g/mol. The number of hydrogen-bond donors (Lipinski definition) is 4. The molecule has 0 aliphatic rings. The van der Waals surface area contributed by atoms with Crippen molar-refractivity contribution in [2.45, 2.75) is 115 Å². The summed E-state index contributed by atoms with van der Waals surface area (Å²) in [6.45, 7) is 1.43. The van der Waals surface area contributed by atoms with Gasteiger partial charge >= 0.3 is 23.9 Å². The van der Waals surface area contributed by atoms with Crippen LogP contribution >= 0.6 is 0 Å². The van der Waals surface area contributed by atoms with Gasteiger partial charge < -0.3 is 20.7 Å². The lowest BCUT2D eigenvalue weighted by molar-refractivity contribution is -0.160. The van der Waals surface area contributed by atoms with Crippen LogP contribution in [0, 0.1) is 0 Å². The first kappa shape index (κ1) is 31.0. The summed E-state index contributed by atoms with van der Waals surface area (Å²) in [5.74, 6) is -4.02. The van der Waals surface area contributed by atoms with E-state index in [4.69, 9.17) is 20.7 Å². The number of carboxylic acid groups (broad SMARTS) is 2. The Morgan fingerprint density at radius 2 is 1.15 bits per heavy atom. The van der Waals surface area contributed by atoms with Crippen molar-refractivity contribution in [3.05, 3.63) is 0 Å². The van der Waals surface area contributed by atoms with Crippen molar-refractivity contribution in [1.29, 1.82) is 0 Å². The van der Waals surface area contributed by atoms with E-state index < -0.39 is 48.8 Å². The Bertz CT molecular complexity index is 565. The first-order valence-electron chi connectivity index (χ1n) is 12.4. The lowest BCUT2D eigenvalue weighted by Crippen LogP contribution is -2.55. The maximum Gasteiger partial charge on any atom is 0.327 e. The number of esters is 2. The van der Waals surface area contributed by atoms with Crippen LogP contribution in [0.2, 0.25) is 0 Å². The molecule has 0 aromatic carbocycles. The molecule has 0 spiro atoms. The predicted octanol–water partition coefficient (Wildman–Crippen LogP) is 3.77. The van der Waals surface area contributed by atoms with Crippen molar-refractivity contribution in [3.8, 4) is 0 Å². The Morgan fingerprint density at radius 3 is 1.55 bits per heavy atom. The molecule has 0 saturated carbocycles. The number of rotatable bonds is 22. The molecule has 0 aliphatic heterocycles. The Kier molecular flexibility index (Phi) is 18.3. The van der Waals surface area contributed by atoms with Gasteiger partial charge in [0.15, 0.2) is 0 Å². The zero-order chi connectivity index (χ0) is 25.0.